The maximum Gasteiger partial charge on any atom is 0.239 e. The molecule has 1 aromatic carbocycles. The fourth-order valence-corrected chi connectivity index (χ4v) is 2.94. The Morgan fingerprint density at radius 3 is 2.54 bits per heavy atom. The number of hydrogen-bond acceptors (Lipinski definition) is 3. The Balaban J connectivity index is 1.75. The Labute approximate surface area is 139 Å². The van der Waals surface area contributed by atoms with Gasteiger partial charge in [-0.2, -0.15) is 5.10 Å². The van der Waals surface area contributed by atoms with Gasteiger partial charge in [-0.3, -0.25) is 14.3 Å². The molecule has 1 saturated heterocycles. The van der Waals surface area contributed by atoms with E-state index in [1.54, 1.807) is 23.9 Å². The van der Waals surface area contributed by atoms with Crippen molar-refractivity contribution in [3.63, 3.8) is 0 Å². The van der Waals surface area contributed by atoms with E-state index in [1.165, 1.54) is 17.0 Å². The zero-order chi connectivity index (χ0) is 17.4. The molecule has 0 radical (unpaired) electrons. The van der Waals surface area contributed by atoms with Crippen LogP contribution >= 0.6 is 0 Å². The first-order chi connectivity index (χ1) is 11.4. The average molecular weight is 330 g/mol. The molecule has 1 aliphatic heterocycles. The molecule has 6 nitrogen and oxygen atoms in total. The van der Waals surface area contributed by atoms with E-state index in [2.05, 4.69) is 10.4 Å². The van der Waals surface area contributed by atoms with E-state index in [9.17, 15) is 14.0 Å². The molecule has 1 unspecified atom stereocenters. The van der Waals surface area contributed by atoms with Crippen LogP contribution in [0.4, 0.5) is 15.9 Å². The van der Waals surface area contributed by atoms with Gasteiger partial charge in [-0.1, -0.05) is 0 Å². The third-order valence-corrected chi connectivity index (χ3v) is 4.42. The molecule has 0 bridgehead atoms. The molecule has 2 aromatic rings. The third kappa shape index (κ3) is 2.77. The maximum atomic E-state index is 13.0. The van der Waals surface area contributed by atoms with E-state index >= 15 is 0 Å². The van der Waals surface area contributed by atoms with Crippen LogP contribution in [-0.4, -0.2) is 28.1 Å². The lowest BCUT2D eigenvalue weighted by Crippen LogP contribution is -2.33. The van der Waals surface area contributed by atoms with Crippen molar-refractivity contribution in [1.29, 1.82) is 0 Å². The van der Waals surface area contributed by atoms with Crippen molar-refractivity contribution >= 4 is 23.3 Å². The topological polar surface area (TPSA) is 67.2 Å². The Kier molecular flexibility index (Phi) is 4.09. The minimum absolute atomic E-state index is 0.268. The lowest BCUT2D eigenvalue weighted by Gasteiger charge is -2.17. The fraction of sp³-hybridized carbons (Fsp3) is 0.353. The van der Waals surface area contributed by atoms with E-state index in [4.69, 9.17) is 0 Å². The summed E-state index contributed by atoms with van der Waals surface area (Å²) in [6, 6.07) is 5.69. The number of benzene rings is 1. The van der Waals surface area contributed by atoms with Crippen LogP contribution in [0.1, 0.15) is 17.7 Å². The highest BCUT2D eigenvalue weighted by atomic mass is 19.1. The molecule has 0 aliphatic carbocycles. The molecule has 1 atom stereocenters. The largest absolute Gasteiger partial charge is 0.312 e. The molecule has 2 amide bonds. The van der Waals surface area contributed by atoms with Crippen molar-refractivity contribution < 1.29 is 14.0 Å². The maximum absolute atomic E-state index is 13.0. The van der Waals surface area contributed by atoms with E-state index in [1.807, 2.05) is 13.8 Å². The molecule has 1 fully saturated rings. The zero-order valence-corrected chi connectivity index (χ0v) is 13.8. The summed E-state index contributed by atoms with van der Waals surface area (Å²) in [7, 11) is 1.75. The summed E-state index contributed by atoms with van der Waals surface area (Å²) in [4.78, 5) is 26.6. The number of nitrogens with one attached hydrogen (secondary N) is 1. The van der Waals surface area contributed by atoms with Gasteiger partial charge in [0.15, 0.2) is 0 Å². The Morgan fingerprint density at radius 1 is 1.29 bits per heavy atom. The van der Waals surface area contributed by atoms with Gasteiger partial charge in [0.05, 0.1) is 5.69 Å². The van der Waals surface area contributed by atoms with Crippen LogP contribution in [-0.2, 0) is 16.6 Å². The van der Waals surface area contributed by atoms with E-state index < -0.39 is 5.92 Å². The summed E-state index contributed by atoms with van der Waals surface area (Å²) in [6.07, 6.45) is 0.428. The monoisotopic (exact) mass is 330 g/mol. The Hall–Kier alpha value is -2.70. The molecule has 24 heavy (non-hydrogen) atoms. The van der Waals surface area contributed by atoms with Crippen molar-refractivity contribution in [2.24, 2.45) is 13.0 Å². The number of aryl methyl sites for hydroxylation is 2. The molecule has 126 valence electrons. The molecule has 3 rings (SSSR count). The van der Waals surface area contributed by atoms with Gasteiger partial charge in [0.25, 0.3) is 0 Å². The zero-order valence-electron chi connectivity index (χ0n) is 13.8. The van der Waals surface area contributed by atoms with Crippen molar-refractivity contribution in [2.45, 2.75) is 20.3 Å². The number of halogens is 1. The first kappa shape index (κ1) is 16.2. The van der Waals surface area contributed by atoms with Crippen LogP contribution in [0.15, 0.2) is 24.3 Å². The van der Waals surface area contributed by atoms with Crippen LogP contribution in [0.5, 0.6) is 0 Å². The van der Waals surface area contributed by atoms with E-state index in [0.717, 1.165) is 11.3 Å². The van der Waals surface area contributed by atoms with Gasteiger partial charge >= 0.3 is 0 Å². The average Bonchev–Trinajstić information content (AvgIpc) is 3.03. The van der Waals surface area contributed by atoms with Crippen LogP contribution in [0.3, 0.4) is 0 Å². The van der Waals surface area contributed by atoms with Crippen molar-refractivity contribution in [2.75, 3.05) is 16.8 Å². The van der Waals surface area contributed by atoms with Crippen molar-refractivity contribution in [3.05, 3.63) is 41.3 Å². The quantitative estimate of drug-likeness (QED) is 0.877. The van der Waals surface area contributed by atoms with E-state index in [-0.39, 0.29) is 17.6 Å². The molecule has 1 aromatic heterocycles. The Bertz CT molecular complexity index is 798. The second-order valence-corrected chi connectivity index (χ2v) is 5.98. The van der Waals surface area contributed by atoms with E-state index in [0.29, 0.717) is 24.5 Å². The number of nitrogens with zero attached hydrogens (tertiary/aromatic N) is 3. The number of aromatic nitrogens is 2. The molecular weight excluding hydrogens is 311 g/mol. The number of amides is 2. The second kappa shape index (κ2) is 6.07. The predicted octanol–water partition coefficient (Wildman–Crippen LogP) is 2.17. The SMILES string of the molecule is Cc1nn(C)c(NC(=O)C2CCN(c3ccc(F)cc3)C2=O)c1C. The summed E-state index contributed by atoms with van der Waals surface area (Å²) < 4.78 is 14.6. The number of carbonyl (C=O) groups is 2. The summed E-state index contributed by atoms with van der Waals surface area (Å²) in [5.74, 6) is -1.11. The molecule has 7 heteroatoms. The molecule has 0 spiro atoms. The number of anilines is 2. The van der Waals surface area contributed by atoms with Gasteiger partial charge in [-0.15, -0.1) is 0 Å². The van der Waals surface area contributed by atoms with Gasteiger partial charge in [0.2, 0.25) is 11.8 Å². The first-order valence-corrected chi connectivity index (χ1v) is 7.76. The summed E-state index contributed by atoms with van der Waals surface area (Å²) >= 11 is 0. The van der Waals surface area contributed by atoms with Crippen LogP contribution in [0, 0.1) is 25.6 Å². The summed E-state index contributed by atoms with van der Waals surface area (Å²) in [5, 5.41) is 7.06. The smallest absolute Gasteiger partial charge is 0.239 e. The number of hydrogen-bond donors (Lipinski definition) is 1. The lowest BCUT2D eigenvalue weighted by atomic mass is 10.1. The molecule has 0 saturated carbocycles. The van der Waals surface area contributed by atoms with Gasteiger partial charge in [0, 0.05) is 24.8 Å². The molecule has 2 heterocycles. The van der Waals surface area contributed by atoms with Crippen LogP contribution in [0.25, 0.3) is 0 Å². The minimum Gasteiger partial charge on any atom is -0.312 e. The molecule has 1 N–H and O–H groups in total. The minimum atomic E-state index is -0.746. The second-order valence-electron chi connectivity index (χ2n) is 5.98. The van der Waals surface area contributed by atoms with Crippen LogP contribution < -0.4 is 10.2 Å². The normalized spacial score (nSPS) is 17.4. The van der Waals surface area contributed by atoms with Crippen LogP contribution in [0.2, 0.25) is 0 Å². The highest BCUT2D eigenvalue weighted by molar-refractivity contribution is 6.13. The lowest BCUT2D eigenvalue weighted by molar-refractivity contribution is -0.129. The van der Waals surface area contributed by atoms with Gasteiger partial charge in [-0.05, 0) is 44.5 Å². The van der Waals surface area contributed by atoms with Gasteiger partial charge in [0.1, 0.15) is 17.6 Å². The van der Waals surface area contributed by atoms with Crippen molar-refractivity contribution in [1.82, 2.24) is 9.78 Å². The molecule has 1 aliphatic rings. The summed E-state index contributed by atoms with van der Waals surface area (Å²) in [5.41, 5.74) is 2.31. The van der Waals surface area contributed by atoms with Crippen molar-refractivity contribution in [3.8, 4) is 0 Å². The number of rotatable bonds is 3. The summed E-state index contributed by atoms with van der Waals surface area (Å²) in [6.45, 7) is 4.17. The van der Waals surface area contributed by atoms with Gasteiger partial charge < -0.3 is 10.2 Å². The first-order valence-electron chi connectivity index (χ1n) is 7.76. The molecular formula is C17H19FN4O2. The highest BCUT2D eigenvalue weighted by Crippen LogP contribution is 2.27. The highest BCUT2D eigenvalue weighted by Gasteiger charge is 2.38. The Morgan fingerprint density at radius 2 is 1.96 bits per heavy atom. The number of carbonyl (C=O) groups excluding carboxylic acids is 2. The standard InChI is InChI=1S/C17H19FN4O2/c1-10-11(2)20-21(3)15(10)19-16(23)14-8-9-22(17(14)24)13-6-4-12(18)5-7-13/h4-7,14H,8-9H2,1-3H3,(H,19,23). The van der Waals surface area contributed by atoms with Gasteiger partial charge in [-0.25, -0.2) is 4.39 Å². The predicted molar refractivity (Wildman–Crippen MR) is 88.2 cm³/mol. The third-order valence-electron chi connectivity index (χ3n) is 4.42. The fourth-order valence-electron chi connectivity index (χ4n) is 2.94.